The van der Waals surface area contributed by atoms with E-state index in [1.165, 1.54) is 38.6 Å². The number of nitrogens with two attached hydrogens (primary N) is 1. The van der Waals surface area contributed by atoms with Gasteiger partial charge in [-0.25, -0.2) is 0 Å². The lowest BCUT2D eigenvalue weighted by Gasteiger charge is -2.29. The van der Waals surface area contributed by atoms with Gasteiger partial charge in [0.15, 0.2) is 0 Å². The van der Waals surface area contributed by atoms with Crippen molar-refractivity contribution < 1.29 is 4.79 Å². The monoisotopic (exact) mass is 331 g/mol. The van der Waals surface area contributed by atoms with Crippen molar-refractivity contribution in [2.24, 2.45) is 11.7 Å². The van der Waals surface area contributed by atoms with Gasteiger partial charge < -0.3 is 15.5 Å². The fourth-order valence-electron chi connectivity index (χ4n) is 3.78. The van der Waals surface area contributed by atoms with Crippen molar-refractivity contribution in [1.82, 2.24) is 9.80 Å². The van der Waals surface area contributed by atoms with Crippen LogP contribution in [0.25, 0.3) is 0 Å². The molecule has 2 aliphatic rings. The van der Waals surface area contributed by atoms with Crippen molar-refractivity contribution in [3.8, 4) is 0 Å². The Hall–Kier alpha value is -0.320. The largest absolute Gasteiger partial charge is 0.340 e. The van der Waals surface area contributed by atoms with Gasteiger partial charge in [0.2, 0.25) is 5.91 Å². The summed E-state index contributed by atoms with van der Waals surface area (Å²) in [5.41, 5.74) is 5.99. The van der Waals surface area contributed by atoms with E-state index in [4.69, 9.17) is 5.73 Å². The third-order valence-corrected chi connectivity index (χ3v) is 5.06. The van der Waals surface area contributed by atoms with E-state index in [0.29, 0.717) is 0 Å². The molecule has 1 amide bonds. The summed E-state index contributed by atoms with van der Waals surface area (Å²) in [5, 5.41) is 0. The highest BCUT2D eigenvalue weighted by atomic mass is 35.5. The van der Waals surface area contributed by atoms with Gasteiger partial charge in [0, 0.05) is 26.2 Å². The van der Waals surface area contributed by atoms with Crippen LogP contribution in [0.1, 0.15) is 58.3 Å². The van der Waals surface area contributed by atoms with Gasteiger partial charge in [0.05, 0.1) is 6.04 Å². The minimum atomic E-state index is -0.292. The first-order chi connectivity index (χ1) is 10.2. The van der Waals surface area contributed by atoms with Crippen LogP contribution in [0.2, 0.25) is 0 Å². The number of halogens is 1. The summed E-state index contributed by atoms with van der Waals surface area (Å²) in [4.78, 5) is 16.9. The first kappa shape index (κ1) is 19.7. The van der Waals surface area contributed by atoms with Crippen LogP contribution < -0.4 is 5.73 Å². The topological polar surface area (TPSA) is 49.6 Å². The van der Waals surface area contributed by atoms with Gasteiger partial charge in [-0.15, -0.1) is 12.4 Å². The Bertz CT molecular complexity index is 321. The lowest BCUT2D eigenvalue weighted by atomic mass is 9.89. The van der Waals surface area contributed by atoms with Gasteiger partial charge in [-0.2, -0.15) is 0 Å². The van der Waals surface area contributed by atoms with Gasteiger partial charge in [0.25, 0.3) is 0 Å². The Kier molecular flexibility index (Phi) is 9.37. The maximum atomic E-state index is 12.3. The normalized spacial score (nSPS) is 22.7. The second-order valence-electron chi connectivity index (χ2n) is 6.88. The summed E-state index contributed by atoms with van der Waals surface area (Å²) in [7, 11) is 0. The average molecular weight is 332 g/mol. The predicted molar refractivity (Wildman–Crippen MR) is 94.3 cm³/mol. The molecule has 1 saturated heterocycles. The number of amides is 1. The number of hydrogen-bond acceptors (Lipinski definition) is 3. The van der Waals surface area contributed by atoms with Gasteiger partial charge in [-0.1, -0.05) is 32.6 Å². The zero-order valence-electron chi connectivity index (χ0n) is 14.1. The minimum Gasteiger partial charge on any atom is -0.340 e. The van der Waals surface area contributed by atoms with Crippen LogP contribution in [-0.4, -0.2) is 54.5 Å². The van der Waals surface area contributed by atoms with E-state index in [1.807, 2.05) is 4.90 Å². The maximum Gasteiger partial charge on any atom is 0.239 e. The van der Waals surface area contributed by atoms with Crippen molar-refractivity contribution >= 4 is 18.3 Å². The second kappa shape index (κ2) is 10.5. The van der Waals surface area contributed by atoms with E-state index < -0.39 is 0 Å². The van der Waals surface area contributed by atoms with E-state index in [-0.39, 0.29) is 24.4 Å². The van der Waals surface area contributed by atoms with Crippen molar-refractivity contribution in [3.05, 3.63) is 0 Å². The highest BCUT2D eigenvalue weighted by Crippen LogP contribution is 2.24. The number of carbonyl (C=O) groups excluding carboxylic acids is 1. The fraction of sp³-hybridized carbons (Fsp3) is 0.941. The molecule has 1 unspecified atom stereocenters. The number of nitrogens with zero attached hydrogens (tertiary/aromatic N) is 2. The molecule has 5 heteroatoms. The second-order valence-corrected chi connectivity index (χ2v) is 6.88. The van der Waals surface area contributed by atoms with Crippen LogP contribution in [0.15, 0.2) is 0 Å². The average Bonchev–Trinajstić information content (AvgIpc) is 2.73. The maximum absolute atomic E-state index is 12.3. The molecule has 0 aromatic heterocycles. The van der Waals surface area contributed by atoms with E-state index in [9.17, 15) is 4.79 Å². The molecule has 4 nitrogen and oxygen atoms in total. The summed E-state index contributed by atoms with van der Waals surface area (Å²) < 4.78 is 0. The molecule has 2 fully saturated rings. The molecule has 0 aromatic rings. The van der Waals surface area contributed by atoms with Crippen molar-refractivity contribution in [1.29, 1.82) is 0 Å². The zero-order chi connectivity index (χ0) is 15.1. The molecule has 1 aliphatic heterocycles. The van der Waals surface area contributed by atoms with Crippen LogP contribution in [0.5, 0.6) is 0 Å². The Morgan fingerprint density at radius 1 is 1.09 bits per heavy atom. The van der Waals surface area contributed by atoms with E-state index >= 15 is 0 Å². The molecule has 0 bridgehead atoms. The summed E-state index contributed by atoms with van der Waals surface area (Å²) in [6.45, 7) is 7.25. The van der Waals surface area contributed by atoms with Gasteiger partial charge >= 0.3 is 0 Å². The summed E-state index contributed by atoms with van der Waals surface area (Å²) in [6.07, 6.45) is 9.94. The third-order valence-electron chi connectivity index (χ3n) is 5.06. The molecular formula is C17H34ClN3O. The van der Waals surface area contributed by atoms with Crippen LogP contribution >= 0.6 is 12.4 Å². The summed E-state index contributed by atoms with van der Waals surface area (Å²) in [5.74, 6) is 1.06. The molecule has 2 rings (SSSR count). The van der Waals surface area contributed by atoms with Crippen molar-refractivity contribution in [2.45, 2.75) is 64.3 Å². The third kappa shape index (κ3) is 6.05. The number of rotatable bonds is 5. The van der Waals surface area contributed by atoms with Crippen LogP contribution in [-0.2, 0) is 4.79 Å². The van der Waals surface area contributed by atoms with Gasteiger partial charge in [0.1, 0.15) is 0 Å². The molecule has 0 aromatic carbocycles. The van der Waals surface area contributed by atoms with E-state index in [2.05, 4.69) is 11.8 Å². The van der Waals surface area contributed by atoms with Crippen LogP contribution in [0.3, 0.4) is 0 Å². The Balaban J connectivity index is 0.00000242. The van der Waals surface area contributed by atoms with Crippen LogP contribution in [0.4, 0.5) is 0 Å². The Morgan fingerprint density at radius 2 is 1.82 bits per heavy atom. The minimum absolute atomic E-state index is 0. The molecule has 22 heavy (non-hydrogen) atoms. The SMILES string of the molecule is CCCC(N)C(=O)N1CCCN(CC2CCCCC2)CC1.Cl. The molecule has 2 N–H and O–H groups in total. The molecule has 1 heterocycles. The van der Waals surface area contributed by atoms with Gasteiger partial charge in [-0.05, 0) is 38.1 Å². The Labute approximate surface area is 142 Å². The highest BCUT2D eigenvalue weighted by Gasteiger charge is 2.24. The first-order valence-corrected chi connectivity index (χ1v) is 8.97. The predicted octanol–water partition coefficient (Wildman–Crippen LogP) is 2.65. The zero-order valence-corrected chi connectivity index (χ0v) is 15.0. The molecule has 1 atom stereocenters. The molecule has 1 saturated carbocycles. The number of carbonyl (C=O) groups is 1. The summed E-state index contributed by atoms with van der Waals surface area (Å²) >= 11 is 0. The van der Waals surface area contributed by atoms with E-state index in [1.54, 1.807) is 0 Å². The fourth-order valence-corrected chi connectivity index (χ4v) is 3.78. The Morgan fingerprint density at radius 3 is 2.50 bits per heavy atom. The standard InChI is InChI=1S/C17H33N3O.ClH/c1-2-7-16(18)17(21)20-11-6-10-19(12-13-20)14-15-8-4-3-5-9-15;/h15-16H,2-14,18H2,1H3;1H. The summed E-state index contributed by atoms with van der Waals surface area (Å²) in [6, 6.07) is -0.292. The smallest absolute Gasteiger partial charge is 0.239 e. The molecule has 1 aliphatic carbocycles. The first-order valence-electron chi connectivity index (χ1n) is 8.97. The number of hydrogen-bond donors (Lipinski definition) is 1. The molecular weight excluding hydrogens is 298 g/mol. The quantitative estimate of drug-likeness (QED) is 0.842. The van der Waals surface area contributed by atoms with Crippen LogP contribution in [0, 0.1) is 5.92 Å². The lowest BCUT2D eigenvalue weighted by Crippen LogP contribution is -2.45. The van der Waals surface area contributed by atoms with Gasteiger partial charge in [-0.3, -0.25) is 4.79 Å². The molecule has 0 spiro atoms. The molecule has 130 valence electrons. The molecule has 0 radical (unpaired) electrons. The van der Waals surface area contributed by atoms with E-state index in [0.717, 1.165) is 51.4 Å². The van der Waals surface area contributed by atoms with Crippen molar-refractivity contribution in [3.63, 3.8) is 0 Å². The highest BCUT2D eigenvalue weighted by molar-refractivity contribution is 5.85. The lowest BCUT2D eigenvalue weighted by molar-refractivity contribution is -0.132. The van der Waals surface area contributed by atoms with Crippen molar-refractivity contribution in [2.75, 3.05) is 32.7 Å².